The van der Waals surface area contributed by atoms with Gasteiger partial charge in [0.2, 0.25) is 0 Å². The highest BCUT2D eigenvalue weighted by atomic mass is 32.2. The standard InChI is InChI=1S/C19H25N3OS/c1-12-10-13(2)18(15(4)14(12)3)16(23)11-24-19-21-20-17-8-6-5-7-9-22(17)19/h10H,5-9,11H2,1-4H3. The number of aromatic nitrogens is 3. The SMILES string of the molecule is Cc1cc(C)c(C(=O)CSc2nnc3n2CCCCC3)c(C)c1C. The van der Waals surface area contributed by atoms with Crippen LogP contribution in [0.1, 0.15) is 57.7 Å². The van der Waals surface area contributed by atoms with Crippen molar-refractivity contribution >= 4 is 17.5 Å². The van der Waals surface area contributed by atoms with Crippen LogP contribution in [-0.4, -0.2) is 26.3 Å². The third-order valence-electron chi connectivity index (χ3n) is 5.04. The molecule has 4 nitrogen and oxygen atoms in total. The van der Waals surface area contributed by atoms with Crippen molar-refractivity contribution in [1.29, 1.82) is 0 Å². The molecule has 1 aromatic heterocycles. The van der Waals surface area contributed by atoms with Crippen molar-refractivity contribution in [2.75, 3.05) is 5.75 Å². The number of hydrogen-bond acceptors (Lipinski definition) is 4. The predicted molar refractivity (Wildman–Crippen MR) is 98.0 cm³/mol. The number of carbonyl (C=O) groups is 1. The quantitative estimate of drug-likeness (QED) is 0.616. The second kappa shape index (κ2) is 7.09. The van der Waals surface area contributed by atoms with Crippen LogP contribution < -0.4 is 0 Å². The maximum Gasteiger partial charge on any atom is 0.191 e. The summed E-state index contributed by atoms with van der Waals surface area (Å²) in [4.78, 5) is 12.8. The van der Waals surface area contributed by atoms with E-state index in [-0.39, 0.29) is 5.78 Å². The summed E-state index contributed by atoms with van der Waals surface area (Å²) in [5, 5.41) is 9.50. The lowest BCUT2D eigenvalue weighted by Gasteiger charge is -2.14. The Balaban J connectivity index is 1.78. The van der Waals surface area contributed by atoms with Gasteiger partial charge in [-0.3, -0.25) is 4.79 Å². The van der Waals surface area contributed by atoms with Gasteiger partial charge in [-0.05, 0) is 62.8 Å². The van der Waals surface area contributed by atoms with Crippen LogP contribution in [0.4, 0.5) is 0 Å². The van der Waals surface area contributed by atoms with Gasteiger partial charge in [0, 0.05) is 18.5 Å². The van der Waals surface area contributed by atoms with Crippen molar-refractivity contribution < 1.29 is 4.79 Å². The van der Waals surface area contributed by atoms with Gasteiger partial charge < -0.3 is 4.57 Å². The molecule has 128 valence electrons. The highest BCUT2D eigenvalue weighted by Gasteiger charge is 2.19. The Morgan fingerprint density at radius 3 is 2.67 bits per heavy atom. The molecule has 1 aliphatic heterocycles. The molecule has 0 amide bonds. The molecule has 5 heteroatoms. The number of benzene rings is 1. The average Bonchev–Trinajstić information content (AvgIpc) is 2.77. The molecule has 0 bridgehead atoms. The van der Waals surface area contributed by atoms with Gasteiger partial charge in [0.05, 0.1) is 5.75 Å². The van der Waals surface area contributed by atoms with Gasteiger partial charge in [0.15, 0.2) is 10.9 Å². The van der Waals surface area contributed by atoms with Gasteiger partial charge in [0.25, 0.3) is 0 Å². The summed E-state index contributed by atoms with van der Waals surface area (Å²) < 4.78 is 2.20. The first kappa shape index (κ1) is 17.2. The molecule has 0 aliphatic carbocycles. The van der Waals surface area contributed by atoms with Crippen LogP contribution >= 0.6 is 11.8 Å². The molecule has 0 saturated carbocycles. The van der Waals surface area contributed by atoms with Crippen LogP contribution in [0.15, 0.2) is 11.2 Å². The monoisotopic (exact) mass is 343 g/mol. The number of nitrogens with zero attached hydrogens (tertiary/aromatic N) is 3. The van der Waals surface area contributed by atoms with Crippen LogP contribution in [0, 0.1) is 27.7 Å². The molecule has 0 unspecified atom stereocenters. The second-order valence-corrected chi connectivity index (χ2v) is 7.65. The summed E-state index contributed by atoms with van der Waals surface area (Å²) in [5.74, 6) is 1.67. The van der Waals surface area contributed by atoms with E-state index in [1.54, 1.807) is 0 Å². The Kier molecular flexibility index (Phi) is 5.09. The highest BCUT2D eigenvalue weighted by molar-refractivity contribution is 7.99. The zero-order valence-electron chi connectivity index (χ0n) is 15.0. The predicted octanol–water partition coefficient (Wildman–Crippen LogP) is 4.21. The molecule has 2 heterocycles. The van der Waals surface area contributed by atoms with Crippen LogP contribution in [0.3, 0.4) is 0 Å². The summed E-state index contributed by atoms with van der Waals surface area (Å²) in [7, 11) is 0. The van der Waals surface area contributed by atoms with Crippen molar-refractivity contribution in [3.63, 3.8) is 0 Å². The molecule has 0 N–H and O–H groups in total. The lowest BCUT2D eigenvalue weighted by molar-refractivity contribution is 0.102. The molecule has 0 saturated heterocycles. The van der Waals surface area contributed by atoms with E-state index in [2.05, 4.69) is 41.6 Å². The number of thioether (sulfide) groups is 1. The molecular formula is C19H25N3OS. The van der Waals surface area contributed by atoms with Crippen LogP contribution in [-0.2, 0) is 13.0 Å². The van der Waals surface area contributed by atoms with Crippen LogP contribution in [0.5, 0.6) is 0 Å². The van der Waals surface area contributed by atoms with E-state index in [0.29, 0.717) is 5.75 Å². The lowest BCUT2D eigenvalue weighted by Crippen LogP contribution is -2.10. The maximum absolute atomic E-state index is 12.8. The molecule has 1 aliphatic rings. The molecule has 0 fully saturated rings. The van der Waals surface area contributed by atoms with Gasteiger partial charge in [-0.2, -0.15) is 0 Å². The van der Waals surface area contributed by atoms with E-state index in [4.69, 9.17) is 0 Å². The fourth-order valence-corrected chi connectivity index (χ4v) is 4.34. The Morgan fingerprint density at radius 1 is 1.08 bits per heavy atom. The Hall–Kier alpha value is -1.62. The third-order valence-corrected chi connectivity index (χ3v) is 6.01. The average molecular weight is 343 g/mol. The van der Waals surface area contributed by atoms with E-state index < -0.39 is 0 Å². The Labute approximate surface area is 148 Å². The normalized spacial score (nSPS) is 14.3. The van der Waals surface area contributed by atoms with E-state index in [0.717, 1.165) is 40.6 Å². The van der Waals surface area contributed by atoms with Crippen molar-refractivity contribution in [3.05, 3.63) is 39.7 Å². The van der Waals surface area contributed by atoms with Crippen molar-refractivity contribution in [2.45, 2.75) is 65.1 Å². The van der Waals surface area contributed by atoms with Crippen LogP contribution in [0.25, 0.3) is 0 Å². The molecule has 1 aromatic carbocycles. The number of rotatable bonds is 4. The number of aryl methyl sites for hydroxylation is 3. The largest absolute Gasteiger partial charge is 0.306 e. The topological polar surface area (TPSA) is 47.8 Å². The van der Waals surface area contributed by atoms with Crippen molar-refractivity contribution in [3.8, 4) is 0 Å². The zero-order valence-corrected chi connectivity index (χ0v) is 15.8. The minimum Gasteiger partial charge on any atom is -0.306 e. The molecule has 2 aromatic rings. The second-order valence-electron chi connectivity index (χ2n) is 6.71. The Bertz CT molecular complexity index is 779. The third kappa shape index (κ3) is 3.27. The van der Waals surface area contributed by atoms with E-state index >= 15 is 0 Å². The number of fused-ring (bicyclic) bond motifs is 1. The van der Waals surface area contributed by atoms with E-state index in [1.807, 2.05) is 6.92 Å². The first-order valence-corrected chi connectivity index (χ1v) is 9.63. The van der Waals surface area contributed by atoms with E-state index in [9.17, 15) is 4.79 Å². The van der Waals surface area contributed by atoms with Crippen molar-refractivity contribution in [1.82, 2.24) is 14.8 Å². The van der Waals surface area contributed by atoms with Crippen LogP contribution in [0.2, 0.25) is 0 Å². The fraction of sp³-hybridized carbons (Fsp3) is 0.526. The van der Waals surface area contributed by atoms with Crippen molar-refractivity contribution in [2.24, 2.45) is 0 Å². The van der Waals surface area contributed by atoms with Gasteiger partial charge in [-0.1, -0.05) is 24.2 Å². The zero-order chi connectivity index (χ0) is 17.3. The first-order chi connectivity index (χ1) is 11.5. The summed E-state index contributed by atoms with van der Waals surface area (Å²) in [6.07, 6.45) is 4.59. The van der Waals surface area contributed by atoms with Gasteiger partial charge in [-0.25, -0.2) is 0 Å². The number of hydrogen-bond donors (Lipinski definition) is 0. The number of Topliss-reactive ketones (excluding diaryl/α,β-unsaturated/α-hetero) is 1. The first-order valence-electron chi connectivity index (χ1n) is 8.64. The minimum atomic E-state index is 0.184. The summed E-state index contributed by atoms with van der Waals surface area (Å²) in [6.45, 7) is 9.24. The fourth-order valence-electron chi connectivity index (χ4n) is 3.48. The van der Waals surface area contributed by atoms with Gasteiger partial charge >= 0.3 is 0 Å². The molecule has 0 radical (unpaired) electrons. The molecular weight excluding hydrogens is 318 g/mol. The molecule has 0 atom stereocenters. The maximum atomic E-state index is 12.8. The summed E-state index contributed by atoms with van der Waals surface area (Å²) >= 11 is 1.52. The van der Waals surface area contributed by atoms with Gasteiger partial charge in [-0.15, -0.1) is 10.2 Å². The lowest BCUT2D eigenvalue weighted by atomic mass is 9.92. The minimum absolute atomic E-state index is 0.184. The van der Waals surface area contributed by atoms with E-state index in [1.165, 1.54) is 42.2 Å². The molecule has 0 spiro atoms. The smallest absolute Gasteiger partial charge is 0.191 e. The molecule has 24 heavy (non-hydrogen) atoms. The Morgan fingerprint density at radius 2 is 1.88 bits per heavy atom. The summed E-state index contributed by atoms with van der Waals surface area (Å²) in [6, 6.07) is 2.11. The highest BCUT2D eigenvalue weighted by Crippen LogP contribution is 2.26. The molecule has 3 rings (SSSR count). The number of carbonyl (C=O) groups excluding carboxylic acids is 1. The summed E-state index contributed by atoms with van der Waals surface area (Å²) in [5.41, 5.74) is 5.52. The number of ketones is 1. The van der Waals surface area contributed by atoms with Gasteiger partial charge in [0.1, 0.15) is 5.82 Å².